The summed E-state index contributed by atoms with van der Waals surface area (Å²) in [5, 5.41) is 0.0823. The summed E-state index contributed by atoms with van der Waals surface area (Å²) in [7, 11) is 1.53. The van der Waals surface area contributed by atoms with Crippen molar-refractivity contribution in [2.75, 3.05) is 20.2 Å². The van der Waals surface area contributed by atoms with Gasteiger partial charge in [-0.15, -0.1) is 0 Å². The summed E-state index contributed by atoms with van der Waals surface area (Å²) < 4.78 is 54.6. The Hall–Kier alpha value is -4.95. The van der Waals surface area contributed by atoms with Crippen molar-refractivity contribution in [1.82, 2.24) is 19.4 Å². The van der Waals surface area contributed by atoms with E-state index in [1.165, 1.54) is 11.7 Å². The molecule has 1 aliphatic rings. The molecule has 0 saturated heterocycles. The average molecular weight is 706 g/mol. The molecule has 6 rings (SSSR count). The number of ether oxygens (including phenoxy) is 1. The largest absolute Gasteiger partial charge is 0.496 e. The number of carbonyl (C=O) groups is 1. The van der Waals surface area contributed by atoms with E-state index in [0.717, 1.165) is 29.2 Å². The number of para-hydroxylation sites is 1. The van der Waals surface area contributed by atoms with Crippen LogP contribution in [0, 0.1) is 0 Å². The SMILES string of the molecule is CCN(CC)C(=O)C1=C(C)N=c2s/c(=C\c3ccc(Sc4nc(-c5ccccc5)cc(C(F)(F)F)n4)o3)c(=O)n2[C@H]1c1ccccc1OC. The van der Waals surface area contributed by atoms with Crippen molar-refractivity contribution in [1.29, 1.82) is 0 Å². The maximum absolute atomic E-state index is 14.1. The number of amides is 1. The van der Waals surface area contributed by atoms with Crippen LogP contribution in [0.3, 0.4) is 0 Å². The molecule has 252 valence electrons. The molecule has 0 radical (unpaired) electrons. The molecule has 0 N–H and O–H groups in total. The minimum Gasteiger partial charge on any atom is -0.496 e. The van der Waals surface area contributed by atoms with Gasteiger partial charge >= 0.3 is 6.18 Å². The highest BCUT2D eigenvalue weighted by Crippen LogP contribution is 2.37. The number of alkyl halides is 3. The molecule has 9 nitrogen and oxygen atoms in total. The van der Waals surface area contributed by atoms with Gasteiger partial charge in [0.05, 0.1) is 28.6 Å². The van der Waals surface area contributed by atoms with Gasteiger partial charge in [0, 0.05) is 30.3 Å². The van der Waals surface area contributed by atoms with Crippen LogP contribution in [0.15, 0.2) is 109 Å². The van der Waals surface area contributed by atoms with Crippen molar-refractivity contribution in [2.24, 2.45) is 4.99 Å². The van der Waals surface area contributed by atoms with Gasteiger partial charge in [0.1, 0.15) is 23.2 Å². The molecule has 0 bridgehead atoms. The highest BCUT2D eigenvalue weighted by Gasteiger charge is 2.36. The summed E-state index contributed by atoms with van der Waals surface area (Å²) in [4.78, 5) is 42.8. The first kappa shape index (κ1) is 33.9. The average Bonchev–Trinajstić information content (AvgIpc) is 3.66. The Balaban J connectivity index is 1.40. The lowest BCUT2D eigenvalue weighted by atomic mass is 9.94. The smallest absolute Gasteiger partial charge is 0.433 e. The number of hydrogen-bond acceptors (Lipinski definition) is 9. The quantitative estimate of drug-likeness (QED) is 0.165. The number of methoxy groups -OCH3 is 1. The molecule has 0 aliphatic carbocycles. The molecule has 0 fully saturated rings. The van der Waals surface area contributed by atoms with Crippen LogP contribution in [0.1, 0.15) is 43.8 Å². The summed E-state index contributed by atoms with van der Waals surface area (Å²) >= 11 is 1.97. The Labute approximate surface area is 287 Å². The van der Waals surface area contributed by atoms with Crippen LogP contribution >= 0.6 is 23.1 Å². The number of fused-ring (bicyclic) bond motifs is 1. The first-order valence-electron chi connectivity index (χ1n) is 15.3. The number of benzene rings is 2. The number of rotatable bonds is 9. The molecule has 5 aromatic rings. The Morgan fingerprint density at radius 3 is 2.47 bits per heavy atom. The number of likely N-dealkylation sites (N-methyl/N-ethyl adjacent to an activating group) is 1. The van der Waals surface area contributed by atoms with Crippen molar-refractivity contribution >= 4 is 35.1 Å². The molecule has 14 heteroatoms. The molecule has 0 unspecified atom stereocenters. The Morgan fingerprint density at radius 1 is 1.06 bits per heavy atom. The molecule has 49 heavy (non-hydrogen) atoms. The van der Waals surface area contributed by atoms with Gasteiger partial charge in [-0.1, -0.05) is 59.9 Å². The first-order valence-corrected chi connectivity index (χ1v) is 16.9. The fourth-order valence-corrected chi connectivity index (χ4v) is 7.29. The van der Waals surface area contributed by atoms with E-state index in [4.69, 9.17) is 9.15 Å². The molecule has 0 saturated carbocycles. The number of thiazole rings is 1. The van der Waals surface area contributed by atoms with Crippen LogP contribution in [0.5, 0.6) is 5.75 Å². The van der Waals surface area contributed by atoms with Crippen molar-refractivity contribution in [3.63, 3.8) is 0 Å². The summed E-state index contributed by atoms with van der Waals surface area (Å²) in [6.07, 6.45) is -3.14. The second kappa shape index (κ2) is 13.9. The number of nitrogens with zero attached hydrogens (tertiary/aromatic N) is 5. The summed E-state index contributed by atoms with van der Waals surface area (Å²) in [6.45, 7) is 6.50. The van der Waals surface area contributed by atoms with Gasteiger partial charge in [-0.25, -0.2) is 15.0 Å². The third-order valence-electron chi connectivity index (χ3n) is 7.87. The number of hydrogen-bond donors (Lipinski definition) is 0. The third-order valence-corrected chi connectivity index (χ3v) is 9.64. The van der Waals surface area contributed by atoms with Crippen LogP contribution in [0.25, 0.3) is 17.3 Å². The van der Waals surface area contributed by atoms with Crippen LogP contribution in [-0.4, -0.2) is 45.5 Å². The van der Waals surface area contributed by atoms with Crippen LogP contribution < -0.4 is 19.6 Å². The zero-order chi connectivity index (χ0) is 34.9. The van der Waals surface area contributed by atoms with Crippen LogP contribution in [0.2, 0.25) is 0 Å². The maximum Gasteiger partial charge on any atom is 0.433 e. The molecule has 1 amide bonds. The normalized spacial score (nSPS) is 14.8. The second-order valence-corrected chi connectivity index (χ2v) is 12.8. The number of aromatic nitrogens is 3. The van der Waals surface area contributed by atoms with Gasteiger partial charge in [0.2, 0.25) is 0 Å². The molecule has 0 spiro atoms. The molecule has 1 aliphatic heterocycles. The van der Waals surface area contributed by atoms with Gasteiger partial charge in [-0.3, -0.25) is 14.2 Å². The van der Waals surface area contributed by atoms with Crippen LogP contribution in [-0.2, 0) is 11.0 Å². The Bertz CT molecular complexity index is 2240. The predicted molar refractivity (Wildman–Crippen MR) is 180 cm³/mol. The lowest BCUT2D eigenvalue weighted by Gasteiger charge is -2.29. The van der Waals surface area contributed by atoms with E-state index < -0.39 is 23.5 Å². The van der Waals surface area contributed by atoms with E-state index in [-0.39, 0.29) is 32.1 Å². The van der Waals surface area contributed by atoms with E-state index in [1.54, 1.807) is 66.4 Å². The summed E-state index contributed by atoms with van der Waals surface area (Å²) in [6, 6.07) is 19.0. The fraction of sp³-hybridized carbons (Fsp3) is 0.229. The van der Waals surface area contributed by atoms with Crippen LogP contribution in [0.4, 0.5) is 13.2 Å². The molecule has 3 aromatic heterocycles. The molecular weight excluding hydrogens is 676 g/mol. The van der Waals surface area contributed by atoms with Crippen molar-refractivity contribution in [3.05, 3.63) is 121 Å². The number of furan rings is 1. The van der Waals surface area contributed by atoms with E-state index in [2.05, 4.69) is 15.0 Å². The highest BCUT2D eigenvalue weighted by atomic mass is 32.2. The highest BCUT2D eigenvalue weighted by molar-refractivity contribution is 7.99. The van der Waals surface area contributed by atoms with Gasteiger partial charge < -0.3 is 14.1 Å². The molecule has 1 atom stereocenters. The second-order valence-electron chi connectivity index (χ2n) is 10.8. The van der Waals surface area contributed by atoms with E-state index in [9.17, 15) is 22.8 Å². The lowest BCUT2D eigenvalue weighted by Crippen LogP contribution is -2.43. The van der Waals surface area contributed by atoms with Gasteiger partial charge in [-0.2, -0.15) is 13.2 Å². The third kappa shape index (κ3) is 6.83. The van der Waals surface area contributed by atoms with E-state index in [0.29, 0.717) is 46.0 Å². The zero-order valence-corrected chi connectivity index (χ0v) is 28.4. The van der Waals surface area contributed by atoms with Gasteiger partial charge in [0.15, 0.2) is 15.1 Å². The summed E-state index contributed by atoms with van der Waals surface area (Å²) in [5.74, 6) is 0.574. The summed E-state index contributed by atoms with van der Waals surface area (Å²) in [5.41, 5.74) is 0.670. The van der Waals surface area contributed by atoms with Crippen molar-refractivity contribution in [3.8, 4) is 17.0 Å². The topological polar surface area (TPSA) is 103 Å². The zero-order valence-electron chi connectivity index (χ0n) is 26.8. The molecular formula is C35H30F3N5O4S2. The molecule has 4 heterocycles. The number of carbonyl (C=O) groups excluding carboxylic acids is 1. The lowest BCUT2D eigenvalue weighted by molar-refractivity contribution is -0.141. The standard InChI is InChI=1S/C35H30F3N5O4S2/c1-5-42(6-2)32(45)29-20(3)39-34-43(30(29)23-14-10-11-15-25(23)46-4)31(44)26(48-34)18-22-16-17-28(47-22)49-33-40-24(21-12-8-7-9-13-21)19-27(41-33)35(36,37)38/h7-19,30H,5-6H2,1-4H3/b26-18-/t30-/m0/s1. The first-order chi connectivity index (χ1) is 23.5. The number of halogens is 3. The molecule has 2 aromatic carbocycles. The minimum absolute atomic E-state index is 0.122. The Morgan fingerprint density at radius 2 is 1.78 bits per heavy atom. The van der Waals surface area contributed by atoms with Gasteiger partial charge in [-0.05, 0) is 56.8 Å². The Kier molecular flexibility index (Phi) is 9.61. The van der Waals surface area contributed by atoms with Gasteiger partial charge in [0.25, 0.3) is 11.5 Å². The van der Waals surface area contributed by atoms with E-state index in [1.807, 2.05) is 32.0 Å². The van der Waals surface area contributed by atoms with Crippen molar-refractivity contribution in [2.45, 2.75) is 43.2 Å². The van der Waals surface area contributed by atoms with Crippen molar-refractivity contribution < 1.29 is 27.1 Å². The fourth-order valence-electron chi connectivity index (χ4n) is 5.52. The minimum atomic E-state index is -4.68. The maximum atomic E-state index is 14.1. The monoisotopic (exact) mass is 705 g/mol. The predicted octanol–water partition coefficient (Wildman–Crippen LogP) is 6.33. The van der Waals surface area contributed by atoms with E-state index >= 15 is 0 Å². The number of allylic oxidation sites excluding steroid dienone is 1.